The van der Waals surface area contributed by atoms with Gasteiger partial charge in [0.1, 0.15) is 0 Å². The SMILES string of the molecule is C=CC.F[B-](F)(F)F. The van der Waals surface area contributed by atoms with Crippen molar-refractivity contribution in [2.45, 2.75) is 6.92 Å². The predicted octanol–water partition coefficient (Wildman–Crippen LogP) is 2.49. The van der Waals surface area contributed by atoms with E-state index in [2.05, 4.69) is 6.58 Å². The number of allylic oxidation sites excluding steroid dienone is 1. The lowest BCUT2D eigenvalue weighted by atomic mass is 10.3. The molecule has 5 heteroatoms. The average Bonchev–Trinajstić information content (AvgIpc) is 1.27. The Morgan fingerprint density at radius 1 is 1.25 bits per heavy atom. The van der Waals surface area contributed by atoms with E-state index in [9.17, 15) is 17.3 Å². The summed E-state index contributed by atoms with van der Waals surface area (Å²) in [6, 6.07) is 0. The number of halogens is 4. The van der Waals surface area contributed by atoms with Crippen molar-refractivity contribution >= 4 is 7.25 Å². The molecule has 0 aromatic rings. The summed E-state index contributed by atoms with van der Waals surface area (Å²) in [6.07, 6.45) is 1.75. The van der Waals surface area contributed by atoms with Crippen LogP contribution in [0.3, 0.4) is 0 Å². The van der Waals surface area contributed by atoms with E-state index < -0.39 is 7.25 Å². The minimum atomic E-state index is -6.00. The molecule has 0 aliphatic rings. The molecule has 0 heterocycles. The molecule has 0 aliphatic heterocycles. The van der Waals surface area contributed by atoms with Gasteiger partial charge in [-0.3, -0.25) is 0 Å². The van der Waals surface area contributed by atoms with E-state index in [0.29, 0.717) is 0 Å². The molecule has 0 unspecified atom stereocenters. The van der Waals surface area contributed by atoms with E-state index in [-0.39, 0.29) is 0 Å². The summed E-state index contributed by atoms with van der Waals surface area (Å²) >= 11 is 0. The summed E-state index contributed by atoms with van der Waals surface area (Å²) < 4.78 is 39.0. The fourth-order valence-electron chi connectivity index (χ4n) is 0. The molecule has 0 aromatic heterocycles. The second kappa shape index (κ2) is 4.68. The van der Waals surface area contributed by atoms with E-state index in [1.165, 1.54) is 0 Å². The third-order valence-corrected chi connectivity index (χ3v) is 0. The van der Waals surface area contributed by atoms with Crippen molar-refractivity contribution < 1.29 is 17.3 Å². The Morgan fingerprint density at radius 2 is 1.25 bits per heavy atom. The lowest BCUT2D eigenvalue weighted by Gasteiger charge is -1.94. The van der Waals surface area contributed by atoms with E-state index in [4.69, 9.17) is 0 Å². The van der Waals surface area contributed by atoms with Gasteiger partial charge in [0.15, 0.2) is 0 Å². The highest BCUT2D eigenvalue weighted by Gasteiger charge is 2.20. The Labute approximate surface area is 45.3 Å². The molecule has 0 spiro atoms. The van der Waals surface area contributed by atoms with Gasteiger partial charge in [0.25, 0.3) is 0 Å². The molecule has 0 rings (SSSR count). The van der Waals surface area contributed by atoms with Gasteiger partial charge >= 0.3 is 7.25 Å². The second-order valence-electron chi connectivity index (χ2n) is 0.903. The Hall–Kier alpha value is -0.475. The summed E-state index contributed by atoms with van der Waals surface area (Å²) in [7, 11) is -6.00. The molecule has 0 nitrogen and oxygen atoms in total. The minimum Gasteiger partial charge on any atom is -0.418 e. The van der Waals surface area contributed by atoms with Crippen LogP contribution in [0, 0.1) is 0 Å². The molecule has 0 bridgehead atoms. The normalized spacial score (nSPS) is 9.12. The molecule has 0 saturated heterocycles. The maximum absolute atomic E-state index is 9.75. The summed E-state index contributed by atoms with van der Waals surface area (Å²) in [6.45, 7) is 5.25. The Balaban J connectivity index is 0. The third kappa shape index (κ3) is 501. The van der Waals surface area contributed by atoms with Gasteiger partial charge in [0.05, 0.1) is 0 Å². The first kappa shape index (κ1) is 10.5. The first-order valence-electron chi connectivity index (χ1n) is 1.86. The van der Waals surface area contributed by atoms with E-state index in [0.717, 1.165) is 0 Å². The highest BCUT2D eigenvalue weighted by Crippen LogP contribution is 2.06. The average molecular weight is 129 g/mol. The third-order valence-electron chi connectivity index (χ3n) is 0. The number of hydrogen-bond acceptors (Lipinski definition) is 0. The molecule has 0 fully saturated rings. The molecule has 0 amide bonds. The van der Waals surface area contributed by atoms with Crippen molar-refractivity contribution in [1.29, 1.82) is 0 Å². The first-order chi connectivity index (χ1) is 3.41. The van der Waals surface area contributed by atoms with Crippen LogP contribution >= 0.6 is 0 Å². The zero-order valence-corrected chi connectivity index (χ0v) is 4.37. The van der Waals surface area contributed by atoms with Crippen LogP contribution in [-0.4, -0.2) is 7.25 Å². The highest BCUT2D eigenvalue weighted by molar-refractivity contribution is 6.50. The molecule has 0 aromatic carbocycles. The van der Waals surface area contributed by atoms with Crippen LogP contribution in [0.15, 0.2) is 12.7 Å². The zero-order valence-electron chi connectivity index (χ0n) is 4.37. The highest BCUT2D eigenvalue weighted by atomic mass is 19.5. The molecule has 0 saturated carbocycles. The van der Waals surface area contributed by atoms with Crippen molar-refractivity contribution in [3.8, 4) is 0 Å². The molecule has 50 valence electrons. The van der Waals surface area contributed by atoms with Gasteiger partial charge in [0, 0.05) is 0 Å². The Morgan fingerprint density at radius 3 is 1.25 bits per heavy atom. The van der Waals surface area contributed by atoms with E-state index >= 15 is 0 Å². The molecule has 0 radical (unpaired) electrons. The molecule has 0 N–H and O–H groups in total. The lowest BCUT2D eigenvalue weighted by molar-refractivity contribution is 0.368. The summed E-state index contributed by atoms with van der Waals surface area (Å²) in [5, 5.41) is 0. The summed E-state index contributed by atoms with van der Waals surface area (Å²) in [5.74, 6) is 0. The zero-order chi connectivity index (χ0) is 7.21. The van der Waals surface area contributed by atoms with Crippen LogP contribution in [0.1, 0.15) is 6.92 Å². The van der Waals surface area contributed by atoms with Gasteiger partial charge in [-0.1, -0.05) is 6.08 Å². The van der Waals surface area contributed by atoms with Gasteiger partial charge in [-0.05, 0) is 6.92 Å². The van der Waals surface area contributed by atoms with Crippen LogP contribution < -0.4 is 0 Å². The maximum atomic E-state index is 9.75. The van der Waals surface area contributed by atoms with E-state index in [1.807, 2.05) is 6.92 Å². The van der Waals surface area contributed by atoms with Crippen LogP contribution in [0.5, 0.6) is 0 Å². The molecular formula is C3H6BF4-. The summed E-state index contributed by atoms with van der Waals surface area (Å²) in [4.78, 5) is 0. The van der Waals surface area contributed by atoms with Gasteiger partial charge in [-0.15, -0.1) is 6.58 Å². The maximum Gasteiger partial charge on any atom is 0.673 e. The summed E-state index contributed by atoms with van der Waals surface area (Å²) in [5.41, 5.74) is 0. The topological polar surface area (TPSA) is 0 Å². The Kier molecular flexibility index (Phi) is 6.14. The van der Waals surface area contributed by atoms with Crippen LogP contribution in [-0.2, 0) is 0 Å². The Bertz CT molecular complexity index is 50.8. The largest absolute Gasteiger partial charge is 0.673 e. The van der Waals surface area contributed by atoms with Crippen molar-refractivity contribution in [2.24, 2.45) is 0 Å². The first-order valence-corrected chi connectivity index (χ1v) is 1.86. The van der Waals surface area contributed by atoms with E-state index in [1.54, 1.807) is 6.08 Å². The van der Waals surface area contributed by atoms with Crippen molar-refractivity contribution in [3.63, 3.8) is 0 Å². The lowest BCUT2D eigenvalue weighted by Crippen LogP contribution is -2.02. The standard InChI is InChI=1S/C3H6.BF4/c1-3-2;2-1(3,4)5/h3H,1H2,2H3;/q;-1. The fourth-order valence-corrected chi connectivity index (χ4v) is 0. The fraction of sp³-hybridized carbons (Fsp3) is 0.333. The van der Waals surface area contributed by atoms with Gasteiger partial charge < -0.3 is 17.3 Å². The van der Waals surface area contributed by atoms with Gasteiger partial charge in [-0.2, -0.15) is 0 Å². The number of rotatable bonds is 0. The van der Waals surface area contributed by atoms with Crippen molar-refractivity contribution in [2.75, 3.05) is 0 Å². The van der Waals surface area contributed by atoms with Crippen LogP contribution in [0.4, 0.5) is 17.3 Å². The molecule has 8 heavy (non-hydrogen) atoms. The predicted molar refractivity (Wildman–Crippen MR) is 26.1 cm³/mol. The minimum absolute atomic E-state index is 1.75. The molecule has 0 aliphatic carbocycles. The van der Waals surface area contributed by atoms with Crippen molar-refractivity contribution in [1.82, 2.24) is 0 Å². The monoisotopic (exact) mass is 129 g/mol. The number of hydrogen-bond donors (Lipinski definition) is 0. The van der Waals surface area contributed by atoms with Gasteiger partial charge in [-0.25, -0.2) is 0 Å². The quantitative estimate of drug-likeness (QED) is 0.267. The smallest absolute Gasteiger partial charge is 0.418 e. The molecular weight excluding hydrogens is 123 g/mol. The van der Waals surface area contributed by atoms with Crippen molar-refractivity contribution in [3.05, 3.63) is 12.7 Å². The van der Waals surface area contributed by atoms with Gasteiger partial charge in [0.2, 0.25) is 0 Å². The van der Waals surface area contributed by atoms with Crippen LogP contribution in [0.25, 0.3) is 0 Å². The molecule has 0 atom stereocenters. The van der Waals surface area contributed by atoms with Crippen LogP contribution in [0.2, 0.25) is 0 Å². The second-order valence-corrected chi connectivity index (χ2v) is 0.903.